The molecule has 0 bridgehead atoms. The predicted molar refractivity (Wildman–Crippen MR) is 69.8 cm³/mol. The molecule has 4 amide bonds. The lowest BCUT2D eigenvalue weighted by Gasteiger charge is -2.36. The highest BCUT2D eigenvalue weighted by molar-refractivity contribution is 6.16. The van der Waals surface area contributed by atoms with Gasteiger partial charge in [0.15, 0.2) is 0 Å². The number of carbonyl (C=O) groups excluding carboxylic acids is 4. The molecule has 0 aliphatic carbocycles. The number of hydrogen-bond donors (Lipinski definition) is 0. The van der Waals surface area contributed by atoms with Crippen LogP contribution in [0.25, 0.3) is 0 Å². The van der Waals surface area contributed by atoms with Crippen molar-refractivity contribution in [3.05, 3.63) is 24.3 Å². The molecule has 0 aromatic rings. The summed E-state index contributed by atoms with van der Waals surface area (Å²) in [7, 11) is 0. The molecule has 106 valence electrons. The number of nitrogens with zero attached hydrogens (tertiary/aromatic N) is 2. The van der Waals surface area contributed by atoms with Crippen molar-refractivity contribution in [1.29, 1.82) is 0 Å². The van der Waals surface area contributed by atoms with Crippen LogP contribution in [-0.2, 0) is 19.2 Å². The molecule has 1 unspecified atom stereocenters. The fraction of sp³-hybridized carbons (Fsp3) is 0.429. The van der Waals surface area contributed by atoms with Gasteiger partial charge in [0.2, 0.25) is 0 Å². The summed E-state index contributed by atoms with van der Waals surface area (Å²) in [5.41, 5.74) is 0. The molecule has 0 aromatic heterocycles. The standard InChI is InChI=1S/C14H16N2O4/c1-3-4-9(2)14(15-10(17)5-6-11(15)18)16-12(19)7-8-13(16)20/h5-9,14H,3-4H2,1-2H3. The van der Waals surface area contributed by atoms with Crippen molar-refractivity contribution in [2.75, 3.05) is 0 Å². The second kappa shape index (κ2) is 5.40. The topological polar surface area (TPSA) is 74.8 Å². The molecule has 0 aromatic carbocycles. The Labute approximate surface area is 116 Å². The summed E-state index contributed by atoms with van der Waals surface area (Å²) in [5, 5.41) is 0. The average Bonchev–Trinajstić information content (AvgIpc) is 2.89. The highest BCUT2D eigenvalue weighted by atomic mass is 16.2. The Morgan fingerprint density at radius 3 is 1.50 bits per heavy atom. The maximum absolute atomic E-state index is 11.9. The van der Waals surface area contributed by atoms with Crippen molar-refractivity contribution in [1.82, 2.24) is 9.80 Å². The molecular formula is C14H16N2O4. The molecule has 2 aliphatic heterocycles. The molecule has 0 saturated carbocycles. The van der Waals surface area contributed by atoms with Crippen molar-refractivity contribution in [3.63, 3.8) is 0 Å². The quantitative estimate of drug-likeness (QED) is 0.689. The van der Waals surface area contributed by atoms with Gasteiger partial charge >= 0.3 is 0 Å². The van der Waals surface area contributed by atoms with Gasteiger partial charge in [0, 0.05) is 24.3 Å². The van der Waals surface area contributed by atoms with Crippen LogP contribution in [0.15, 0.2) is 24.3 Å². The summed E-state index contributed by atoms with van der Waals surface area (Å²) in [4.78, 5) is 49.4. The summed E-state index contributed by atoms with van der Waals surface area (Å²) >= 11 is 0. The van der Waals surface area contributed by atoms with Crippen LogP contribution in [0, 0.1) is 5.92 Å². The molecule has 2 aliphatic rings. The summed E-state index contributed by atoms with van der Waals surface area (Å²) < 4.78 is 0. The highest BCUT2D eigenvalue weighted by Crippen LogP contribution is 2.26. The Hall–Kier alpha value is -2.24. The van der Waals surface area contributed by atoms with Gasteiger partial charge in [-0.2, -0.15) is 0 Å². The van der Waals surface area contributed by atoms with Crippen LogP contribution >= 0.6 is 0 Å². The number of rotatable bonds is 5. The third-order valence-electron chi connectivity index (χ3n) is 3.47. The first-order valence-corrected chi connectivity index (χ1v) is 6.57. The summed E-state index contributed by atoms with van der Waals surface area (Å²) in [5.74, 6) is -2.14. The van der Waals surface area contributed by atoms with E-state index in [4.69, 9.17) is 0 Å². The smallest absolute Gasteiger partial charge is 0.255 e. The van der Waals surface area contributed by atoms with Crippen molar-refractivity contribution < 1.29 is 19.2 Å². The zero-order valence-electron chi connectivity index (χ0n) is 11.4. The van der Waals surface area contributed by atoms with Crippen LogP contribution in [0.4, 0.5) is 0 Å². The predicted octanol–water partition coefficient (Wildman–Crippen LogP) is 0.599. The van der Waals surface area contributed by atoms with E-state index < -0.39 is 29.8 Å². The summed E-state index contributed by atoms with van der Waals surface area (Å²) in [6.07, 6.45) is 5.29. The SMILES string of the molecule is CCCC(C)C(N1C(=O)C=CC1=O)N1C(=O)C=CC1=O. The van der Waals surface area contributed by atoms with Gasteiger partial charge in [0.25, 0.3) is 23.6 Å². The second-order valence-corrected chi connectivity index (χ2v) is 4.94. The van der Waals surface area contributed by atoms with Crippen molar-refractivity contribution in [2.45, 2.75) is 32.9 Å². The van der Waals surface area contributed by atoms with Crippen molar-refractivity contribution in [2.24, 2.45) is 5.92 Å². The Kier molecular flexibility index (Phi) is 3.83. The maximum Gasteiger partial charge on any atom is 0.255 e. The molecule has 0 saturated heterocycles. The molecule has 6 nitrogen and oxygen atoms in total. The first kappa shape index (κ1) is 14.2. The molecule has 0 N–H and O–H groups in total. The number of amides is 4. The van der Waals surface area contributed by atoms with Crippen LogP contribution < -0.4 is 0 Å². The van der Waals surface area contributed by atoms with Gasteiger partial charge in [-0.3, -0.25) is 29.0 Å². The van der Waals surface area contributed by atoms with Gasteiger partial charge in [-0.15, -0.1) is 0 Å². The van der Waals surface area contributed by atoms with E-state index in [0.717, 1.165) is 40.5 Å². The minimum absolute atomic E-state index is 0.180. The molecule has 6 heteroatoms. The van der Waals surface area contributed by atoms with Crippen LogP contribution in [0.3, 0.4) is 0 Å². The molecule has 0 radical (unpaired) electrons. The van der Waals surface area contributed by atoms with E-state index in [0.29, 0.717) is 6.42 Å². The Bertz CT molecular complexity index is 457. The van der Waals surface area contributed by atoms with Crippen LogP contribution in [0.1, 0.15) is 26.7 Å². The van der Waals surface area contributed by atoms with Gasteiger partial charge in [-0.1, -0.05) is 20.3 Å². The van der Waals surface area contributed by atoms with E-state index >= 15 is 0 Å². The monoisotopic (exact) mass is 276 g/mol. The minimum atomic E-state index is -0.861. The van der Waals surface area contributed by atoms with E-state index in [1.54, 1.807) is 0 Å². The van der Waals surface area contributed by atoms with Crippen LogP contribution in [0.5, 0.6) is 0 Å². The van der Waals surface area contributed by atoms with E-state index in [1.807, 2.05) is 13.8 Å². The molecule has 0 fully saturated rings. The molecule has 0 spiro atoms. The Balaban J connectivity index is 2.35. The number of carbonyl (C=O) groups is 4. The normalized spacial score (nSPS) is 19.9. The fourth-order valence-corrected chi connectivity index (χ4v) is 2.57. The van der Waals surface area contributed by atoms with Crippen molar-refractivity contribution in [3.8, 4) is 0 Å². The van der Waals surface area contributed by atoms with Crippen molar-refractivity contribution >= 4 is 23.6 Å². The third-order valence-corrected chi connectivity index (χ3v) is 3.47. The summed E-state index contributed by atoms with van der Waals surface area (Å²) in [6, 6.07) is 0. The zero-order chi connectivity index (χ0) is 14.9. The number of imide groups is 2. The first-order chi connectivity index (χ1) is 9.47. The molecular weight excluding hydrogens is 260 g/mol. The number of hydrogen-bond acceptors (Lipinski definition) is 4. The molecule has 2 rings (SSSR count). The fourth-order valence-electron chi connectivity index (χ4n) is 2.57. The van der Waals surface area contributed by atoms with E-state index in [2.05, 4.69) is 0 Å². The zero-order valence-corrected chi connectivity index (χ0v) is 11.4. The first-order valence-electron chi connectivity index (χ1n) is 6.57. The third kappa shape index (κ3) is 2.29. The van der Waals surface area contributed by atoms with Gasteiger partial charge in [0.05, 0.1) is 0 Å². The maximum atomic E-state index is 11.9. The van der Waals surface area contributed by atoms with E-state index in [9.17, 15) is 19.2 Å². The molecule has 1 atom stereocenters. The second-order valence-electron chi connectivity index (χ2n) is 4.94. The molecule has 2 heterocycles. The van der Waals surface area contributed by atoms with Crippen LogP contribution in [0.2, 0.25) is 0 Å². The minimum Gasteiger partial charge on any atom is -0.269 e. The van der Waals surface area contributed by atoms with Gasteiger partial charge < -0.3 is 0 Å². The Morgan fingerprint density at radius 1 is 0.850 bits per heavy atom. The van der Waals surface area contributed by atoms with Gasteiger partial charge in [-0.05, 0) is 12.3 Å². The van der Waals surface area contributed by atoms with E-state index in [1.165, 1.54) is 0 Å². The average molecular weight is 276 g/mol. The highest BCUT2D eigenvalue weighted by Gasteiger charge is 2.43. The lowest BCUT2D eigenvalue weighted by atomic mass is 10.00. The largest absolute Gasteiger partial charge is 0.269 e. The van der Waals surface area contributed by atoms with E-state index in [-0.39, 0.29) is 5.92 Å². The lowest BCUT2D eigenvalue weighted by molar-refractivity contribution is -0.155. The molecule has 20 heavy (non-hydrogen) atoms. The Morgan fingerprint density at radius 2 is 1.20 bits per heavy atom. The summed E-state index contributed by atoms with van der Waals surface area (Å²) in [6.45, 7) is 3.79. The van der Waals surface area contributed by atoms with Gasteiger partial charge in [-0.25, -0.2) is 0 Å². The van der Waals surface area contributed by atoms with Crippen LogP contribution in [-0.4, -0.2) is 39.6 Å². The van der Waals surface area contributed by atoms with Gasteiger partial charge in [0.1, 0.15) is 6.17 Å². The lowest BCUT2D eigenvalue weighted by Crippen LogP contribution is -2.56.